The van der Waals surface area contributed by atoms with Crippen molar-refractivity contribution in [2.75, 3.05) is 20.1 Å². The number of likely N-dealkylation sites (N-methyl/N-ethyl adjacent to an activating group) is 1. The second-order valence-corrected chi connectivity index (χ2v) is 5.50. The summed E-state index contributed by atoms with van der Waals surface area (Å²) in [5.74, 6) is 1.77. The van der Waals surface area contributed by atoms with E-state index >= 15 is 0 Å². The zero-order chi connectivity index (χ0) is 12.0. The first-order valence-electron chi connectivity index (χ1n) is 7.13. The lowest BCUT2D eigenvalue weighted by molar-refractivity contribution is 0.183. The van der Waals surface area contributed by atoms with Gasteiger partial charge in [-0.25, -0.2) is 0 Å². The van der Waals surface area contributed by atoms with Crippen LogP contribution in [-0.2, 0) is 0 Å². The summed E-state index contributed by atoms with van der Waals surface area (Å²) in [7, 11) is 2.27. The minimum Gasteiger partial charge on any atom is -0.329 e. The highest BCUT2D eigenvalue weighted by molar-refractivity contribution is 4.88. The number of hydrogen-bond donors (Lipinski definition) is 1. The Morgan fingerprint density at radius 3 is 2.44 bits per heavy atom. The molecule has 2 N–H and O–H groups in total. The molecule has 1 aliphatic rings. The van der Waals surface area contributed by atoms with Gasteiger partial charge < -0.3 is 10.6 Å². The molecule has 2 unspecified atom stereocenters. The first kappa shape index (κ1) is 14.0. The van der Waals surface area contributed by atoms with E-state index in [2.05, 4.69) is 25.8 Å². The Hall–Kier alpha value is -0.0800. The third kappa shape index (κ3) is 4.42. The van der Waals surface area contributed by atoms with Crippen molar-refractivity contribution >= 4 is 0 Å². The van der Waals surface area contributed by atoms with Gasteiger partial charge >= 0.3 is 0 Å². The van der Waals surface area contributed by atoms with Crippen molar-refractivity contribution < 1.29 is 0 Å². The number of unbranched alkanes of at least 4 members (excludes halogenated alkanes) is 1. The largest absolute Gasteiger partial charge is 0.329 e. The van der Waals surface area contributed by atoms with Crippen molar-refractivity contribution in [1.29, 1.82) is 0 Å². The molecule has 16 heavy (non-hydrogen) atoms. The second-order valence-electron chi connectivity index (χ2n) is 5.50. The SMILES string of the molecule is CCCCC(CC)CN(C)C(CN)C1CC1. The summed E-state index contributed by atoms with van der Waals surface area (Å²) in [6.07, 6.45) is 8.20. The van der Waals surface area contributed by atoms with Crippen molar-refractivity contribution in [1.82, 2.24) is 4.90 Å². The molecular formula is C14H30N2. The molecule has 0 aromatic carbocycles. The zero-order valence-electron chi connectivity index (χ0n) is 11.4. The van der Waals surface area contributed by atoms with Gasteiger partial charge in [-0.05, 0) is 38.1 Å². The monoisotopic (exact) mass is 226 g/mol. The highest BCUT2D eigenvalue weighted by Crippen LogP contribution is 2.35. The van der Waals surface area contributed by atoms with Crippen LogP contribution in [0.25, 0.3) is 0 Å². The van der Waals surface area contributed by atoms with Crippen LogP contribution in [0.2, 0.25) is 0 Å². The number of rotatable bonds is 9. The molecule has 2 nitrogen and oxygen atoms in total. The molecule has 1 saturated carbocycles. The van der Waals surface area contributed by atoms with Gasteiger partial charge in [-0.3, -0.25) is 0 Å². The summed E-state index contributed by atoms with van der Waals surface area (Å²) in [5, 5.41) is 0. The van der Waals surface area contributed by atoms with Crippen LogP contribution in [0.4, 0.5) is 0 Å². The molecule has 0 spiro atoms. The Morgan fingerprint density at radius 2 is 2.00 bits per heavy atom. The zero-order valence-corrected chi connectivity index (χ0v) is 11.4. The van der Waals surface area contributed by atoms with Crippen molar-refractivity contribution in [2.45, 2.75) is 58.4 Å². The van der Waals surface area contributed by atoms with Gasteiger partial charge in [-0.15, -0.1) is 0 Å². The summed E-state index contributed by atoms with van der Waals surface area (Å²) in [6, 6.07) is 0.649. The van der Waals surface area contributed by atoms with Crippen LogP contribution < -0.4 is 5.73 Å². The second kappa shape index (κ2) is 7.29. The van der Waals surface area contributed by atoms with E-state index < -0.39 is 0 Å². The third-order valence-electron chi connectivity index (χ3n) is 4.06. The lowest BCUT2D eigenvalue weighted by Crippen LogP contribution is -2.42. The summed E-state index contributed by atoms with van der Waals surface area (Å²) in [4.78, 5) is 2.53. The predicted octanol–water partition coefficient (Wildman–Crippen LogP) is 2.87. The van der Waals surface area contributed by atoms with E-state index in [0.29, 0.717) is 6.04 Å². The van der Waals surface area contributed by atoms with Crippen LogP contribution in [0.15, 0.2) is 0 Å². The van der Waals surface area contributed by atoms with Gasteiger partial charge in [0, 0.05) is 19.1 Å². The molecule has 1 rings (SSSR count). The van der Waals surface area contributed by atoms with Crippen molar-refractivity contribution in [3.05, 3.63) is 0 Å². The fourth-order valence-electron chi connectivity index (χ4n) is 2.67. The van der Waals surface area contributed by atoms with Crippen LogP contribution in [-0.4, -0.2) is 31.1 Å². The van der Waals surface area contributed by atoms with E-state index in [-0.39, 0.29) is 0 Å². The molecule has 0 saturated heterocycles. The Kier molecular flexibility index (Phi) is 6.37. The fourth-order valence-corrected chi connectivity index (χ4v) is 2.67. The van der Waals surface area contributed by atoms with E-state index in [1.54, 1.807) is 0 Å². The summed E-state index contributed by atoms with van der Waals surface area (Å²) < 4.78 is 0. The highest BCUT2D eigenvalue weighted by atomic mass is 15.1. The molecule has 2 heteroatoms. The van der Waals surface area contributed by atoms with Crippen LogP contribution >= 0.6 is 0 Å². The lowest BCUT2D eigenvalue weighted by Gasteiger charge is -2.30. The first-order chi connectivity index (χ1) is 7.72. The average Bonchev–Trinajstić information content (AvgIpc) is 3.09. The molecular weight excluding hydrogens is 196 g/mol. The van der Waals surface area contributed by atoms with Crippen molar-refractivity contribution in [3.63, 3.8) is 0 Å². The molecule has 1 fully saturated rings. The van der Waals surface area contributed by atoms with Gasteiger partial charge in [0.2, 0.25) is 0 Å². The number of nitrogens with zero attached hydrogens (tertiary/aromatic N) is 1. The lowest BCUT2D eigenvalue weighted by atomic mass is 9.98. The molecule has 0 aromatic heterocycles. The van der Waals surface area contributed by atoms with Crippen molar-refractivity contribution in [2.24, 2.45) is 17.6 Å². The normalized spacial score (nSPS) is 20.1. The van der Waals surface area contributed by atoms with Crippen LogP contribution in [0.3, 0.4) is 0 Å². The molecule has 0 bridgehead atoms. The van der Waals surface area contributed by atoms with Gasteiger partial charge in [0.1, 0.15) is 0 Å². The number of nitrogens with two attached hydrogens (primary N) is 1. The molecule has 0 radical (unpaired) electrons. The van der Waals surface area contributed by atoms with E-state index in [4.69, 9.17) is 5.73 Å². The van der Waals surface area contributed by atoms with E-state index in [0.717, 1.165) is 18.4 Å². The number of hydrogen-bond acceptors (Lipinski definition) is 2. The smallest absolute Gasteiger partial charge is 0.0243 e. The summed E-state index contributed by atoms with van der Waals surface area (Å²) >= 11 is 0. The maximum absolute atomic E-state index is 5.89. The van der Waals surface area contributed by atoms with Crippen LogP contribution in [0.5, 0.6) is 0 Å². The average molecular weight is 226 g/mol. The molecule has 1 aliphatic carbocycles. The van der Waals surface area contributed by atoms with Gasteiger partial charge in [0.15, 0.2) is 0 Å². The highest BCUT2D eigenvalue weighted by Gasteiger charge is 2.33. The first-order valence-corrected chi connectivity index (χ1v) is 7.13. The Balaban J connectivity index is 2.30. The standard InChI is InChI=1S/C14H30N2/c1-4-6-7-12(5-2)11-16(3)14(10-15)13-8-9-13/h12-14H,4-11,15H2,1-3H3. The van der Waals surface area contributed by atoms with Gasteiger partial charge in [-0.2, -0.15) is 0 Å². The molecule has 96 valence electrons. The van der Waals surface area contributed by atoms with Gasteiger partial charge in [-0.1, -0.05) is 33.1 Å². The van der Waals surface area contributed by atoms with E-state index in [1.165, 1.54) is 45.1 Å². The van der Waals surface area contributed by atoms with Crippen LogP contribution in [0, 0.1) is 11.8 Å². The molecule has 0 amide bonds. The minimum absolute atomic E-state index is 0.649. The molecule has 0 heterocycles. The molecule has 0 aromatic rings. The predicted molar refractivity (Wildman–Crippen MR) is 71.5 cm³/mol. The maximum Gasteiger partial charge on any atom is 0.0243 e. The molecule has 2 atom stereocenters. The topological polar surface area (TPSA) is 29.3 Å². The Morgan fingerprint density at radius 1 is 1.31 bits per heavy atom. The Labute approximate surface area is 102 Å². The van der Waals surface area contributed by atoms with Crippen molar-refractivity contribution in [3.8, 4) is 0 Å². The van der Waals surface area contributed by atoms with E-state index in [9.17, 15) is 0 Å². The minimum atomic E-state index is 0.649. The quantitative estimate of drug-likeness (QED) is 0.655. The van der Waals surface area contributed by atoms with Gasteiger partial charge in [0.05, 0.1) is 0 Å². The fraction of sp³-hybridized carbons (Fsp3) is 1.00. The maximum atomic E-state index is 5.89. The van der Waals surface area contributed by atoms with Gasteiger partial charge in [0.25, 0.3) is 0 Å². The van der Waals surface area contributed by atoms with E-state index in [1.807, 2.05) is 0 Å². The van der Waals surface area contributed by atoms with Crippen LogP contribution in [0.1, 0.15) is 52.4 Å². The molecule has 0 aliphatic heterocycles. The third-order valence-corrected chi connectivity index (χ3v) is 4.06. The summed E-state index contributed by atoms with van der Waals surface area (Å²) in [5.41, 5.74) is 5.89. The Bertz CT molecular complexity index is 178. The summed E-state index contributed by atoms with van der Waals surface area (Å²) in [6.45, 7) is 6.69.